The maximum Gasteiger partial charge on any atom is 0.122 e. The first kappa shape index (κ1) is 11.0. The number of hydrazine groups is 1. The third kappa shape index (κ3) is 1.92. The molecule has 0 fully saturated rings. The molecule has 2 unspecified atom stereocenters. The van der Waals surface area contributed by atoms with Gasteiger partial charge in [0, 0.05) is 10.8 Å². The van der Waals surface area contributed by atoms with Crippen LogP contribution in [-0.4, -0.2) is 0 Å². The predicted molar refractivity (Wildman–Crippen MR) is 68.8 cm³/mol. The molecule has 0 spiro atoms. The van der Waals surface area contributed by atoms with Crippen LogP contribution in [0.25, 0.3) is 0 Å². The second kappa shape index (κ2) is 4.64. The van der Waals surface area contributed by atoms with Crippen molar-refractivity contribution >= 4 is 11.3 Å². The monoisotopic (exact) mass is 248 g/mol. The minimum absolute atomic E-state index is 0.0821. The number of hydrogen-bond donors (Lipinski definition) is 2. The third-order valence-corrected chi connectivity index (χ3v) is 4.53. The summed E-state index contributed by atoms with van der Waals surface area (Å²) in [6, 6.07) is 6.22. The molecule has 4 heteroatoms. The summed E-state index contributed by atoms with van der Waals surface area (Å²) in [4.78, 5) is 1.51. The number of fused-ring (bicyclic) bond motifs is 1. The second-order valence-electron chi connectivity index (χ2n) is 4.46. The highest BCUT2D eigenvalue weighted by molar-refractivity contribution is 7.10. The first-order valence-corrected chi connectivity index (χ1v) is 6.84. The van der Waals surface area contributed by atoms with E-state index in [2.05, 4.69) is 16.9 Å². The van der Waals surface area contributed by atoms with Crippen LogP contribution in [0.3, 0.4) is 0 Å². The van der Waals surface area contributed by atoms with Crippen LogP contribution in [0.5, 0.6) is 0 Å². The number of nitrogens with two attached hydrogens (primary N) is 1. The molecule has 3 N–H and O–H groups in total. The topological polar surface area (TPSA) is 51.2 Å². The fourth-order valence-corrected chi connectivity index (χ4v) is 3.73. The number of furan rings is 1. The van der Waals surface area contributed by atoms with Crippen LogP contribution in [-0.2, 0) is 6.42 Å². The number of thiophene rings is 1. The van der Waals surface area contributed by atoms with Gasteiger partial charge in [0.2, 0.25) is 0 Å². The lowest BCUT2D eigenvalue weighted by molar-refractivity contribution is 0.346. The summed E-state index contributed by atoms with van der Waals surface area (Å²) in [5, 5.41) is 2.18. The molecule has 2 atom stereocenters. The van der Waals surface area contributed by atoms with Gasteiger partial charge in [-0.1, -0.05) is 0 Å². The van der Waals surface area contributed by atoms with E-state index in [0.29, 0.717) is 5.92 Å². The lowest BCUT2D eigenvalue weighted by Crippen LogP contribution is -2.33. The highest BCUT2D eigenvalue weighted by Gasteiger charge is 2.30. The van der Waals surface area contributed by atoms with E-state index in [1.807, 2.05) is 23.5 Å². The molecule has 90 valence electrons. The van der Waals surface area contributed by atoms with Gasteiger partial charge in [-0.05, 0) is 48.4 Å². The van der Waals surface area contributed by atoms with Crippen molar-refractivity contribution in [3.05, 3.63) is 46.0 Å². The van der Waals surface area contributed by atoms with Gasteiger partial charge in [-0.25, -0.2) is 5.43 Å². The Morgan fingerprint density at radius 2 is 2.41 bits per heavy atom. The molecule has 0 aliphatic heterocycles. The summed E-state index contributed by atoms with van der Waals surface area (Å²) in [6.45, 7) is 0. The maximum absolute atomic E-state index is 5.71. The van der Waals surface area contributed by atoms with E-state index in [-0.39, 0.29) is 6.04 Å². The van der Waals surface area contributed by atoms with Crippen molar-refractivity contribution in [2.24, 2.45) is 5.84 Å². The van der Waals surface area contributed by atoms with Gasteiger partial charge in [0.05, 0.1) is 12.3 Å². The Labute approximate surface area is 105 Å². The molecule has 17 heavy (non-hydrogen) atoms. The smallest absolute Gasteiger partial charge is 0.122 e. The minimum Gasteiger partial charge on any atom is -0.468 e. The molecule has 0 amide bonds. The quantitative estimate of drug-likeness (QED) is 0.648. The summed E-state index contributed by atoms with van der Waals surface area (Å²) in [6.07, 6.45) is 5.31. The lowest BCUT2D eigenvalue weighted by Gasteiger charge is -2.28. The van der Waals surface area contributed by atoms with Crippen molar-refractivity contribution < 1.29 is 4.42 Å². The third-order valence-electron chi connectivity index (χ3n) is 3.53. The van der Waals surface area contributed by atoms with Crippen LogP contribution < -0.4 is 11.3 Å². The molecule has 2 heterocycles. The van der Waals surface area contributed by atoms with Gasteiger partial charge in [-0.2, -0.15) is 0 Å². The molecule has 2 aromatic heterocycles. The van der Waals surface area contributed by atoms with Gasteiger partial charge < -0.3 is 4.42 Å². The van der Waals surface area contributed by atoms with Gasteiger partial charge in [0.25, 0.3) is 0 Å². The van der Waals surface area contributed by atoms with Crippen LogP contribution in [0.4, 0.5) is 0 Å². The first-order valence-electron chi connectivity index (χ1n) is 5.96. The van der Waals surface area contributed by atoms with Gasteiger partial charge in [0.15, 0.2) is 0 Å². The summed E-state index contributed by atoms with van der Waals surface area (Å²) < 4.78 is 5.49. The van der Waals surface area contributed by atoms with E-state index in [1.165, 1.54) is 29.7 Å². The Kier molecular flexibility index (Phi) is 3.01. The van der Waals surface area contributed by atoms with E-state index in [9.17, 15) is 0 Å². The van der Waals surface area contributed by atoms with Crippen molar-refractivity contribution in [1.29, 1.82) is 0 Å². The van der Waals surface area contributed by atoms with Gasteiger partial charge >= 0.3 is 0 Å². The fourth-order valence-electron chi connectivity index (χ4n) is 2.73. The van der Waals surface area contributed by atoms with Crippen LogP contribution >= 0.6 is 11.3 Å². The molecule has 0 bridgehead atoms. The van der Waals surface area contributed by atoms with E-state index < -0.39 is 0 Å². The van der Waals surface area contributed by atoms with Crippen molar-refractivity contribution in [1.82, 2.24) is 5.43 Å². The molecule has 0 saturated heterocycles. The normalized spacial score (nSPS) is 21.1. The van der Waals surface area contributed by atoms with Gasteiger partial charge in [0.1, 0.15) is 5.76 Å². The molecule has 2 aromatic rings. The molecule has 0 saturated carbocycles. The fraction of sp³-hybridized carbons (Fsp3) is 0.385. The molecule has 3 nitrogen and oxygen atoms in total. The summed E-state index contributed by atoms with van der Waals surface area (Å²) in [5.41, 5.74) is 4.36. The molecule has 1 aliphatic carbocycles. The SMILES string of the molecule is NNC(c1ccco1)C1CCCc2sccc21. The second-order valence-corrected chi connectivity index (χ2v) is 5.46. The van der Waals surface area contributed by atoms with E-state index in [4.69, 9.17) is 10.3 Å². The Morgan fingerprint density at radius 3 is 3.18 bits per heavy atom. The van der Waals surface area contributed by atoms with Crippen molar-refractivity contribution in [3.8, 4) is 0 Å². The van der Waals surface area contributed by atoms with Crippen LogP contribution in [0.2, 0.25) is 0 Å². The van der Waals surface area contributed by atoms with E-state index in [0.717, 1.165) is 5.76 Å². The zero-order valence-electron chi connectivity index (χ0n) is 9.56. The highest BCUT2D eigenvalue weighted by Crippen LogP contribution is 2.41. The van der Waals surface area contributed by atoms with Crippen molar-refractivity contribution in [3.63, 3.8) is 0 Å². The maximum atomic E-state index is 5.71. The zero-order valence-corrected chi connectivity index (χ0v) is 10.4. The van der Waals surface area contributed by atoms with Gasteiger partial charge in [-0.3, -0.25) is 5.84 Å². The number of aryl methyl sites for hydroxylation is 1. The number of nitrogens with one attached hydrogen (secondary N) is 1. The van der Waals surface area contributed by atoms with Crippen molar-refractivity contribution in [2.45, 2.75) is 31.2 Å². The highest BCUT2D eigenvalue weighted by atomic mass is 32.1. The molecule has 1 aliphatic rings. The Balaban J connectivity index is 1.94. The van der Waals surface area contributed by atoms with E-state index >= 15 is 0 Å². The first-order chi connectivity index (χ1) is 8.40. The lowest BCUT2D eigenvalue weighted by atomic mass is 9.82. The number of hydrogen-bond acceptors (Lipinski definition) is 4. The Morgan fingerprint density at radius 1 is 1.47 bits per heavy atom. The van der Waals surface area contributed by atoms with Crippen LogP contribution in [0.15, 0.2) is 34.3 Å². The summed E-state index contributed by atoms with van der Waals surface area (Å²) in [7, 11) is 0. The molecular weight excluding hydrogens is 232 g/mol. The molecule has 3 rings (SSSR count). The molecule has 0 radical (unpaired) electrons. The number of rotatable bonds is 3. The van der Waals surface area contributed by atoms with Crippen molar-refractivity contribution in [2.75, 3.05) is 0 Å². The summed E-state index contributed by atoms with van der Waals surface area (Å²) in [5.74, 6) is 7.07. The standard InChI is InChI=1S/C13H16N2OS/c14-15-13(11-4-2-7-16-11)10-3-1-5-12-9(10)6-8-17-12/h2,4,6-8,10,13,15H,1,3,5,14H2. The Hall–Kier alpha value is -1.10. The molecule has 0 aromatic carbocycles. The summed E-state index contributed by atoms with van der Waals surface area (Å²) >= 11 is 1.86. The van der Waals surface area contributed by atoms with E-state index in [1.54, 1.807) is 6.26 Å². The Bertz CT molecular complexity index is 477. The minimum atomic E-state index is 0.0821. The van der Waals surface area contributed by atoms with Gasteiger partial charge in [-0.15, -0.1) is 11.3 Å². The molecular formula is C13H16N2OS. The average molecular weight is 248 g/mol. The largest absolute Gasteiger partial charge is 0.468 e. The average Bonchev–Trinajstić information content (AvgIpc) is 3.00. The van der Waals surface area contributed by atoms with Crippen LogP contribution in [0.1, 0.15) is 41.0 Å². The van der Waals surface area contributed by atoms with Crippen LogP contribution in [0, 0.1) is 0 Å². The zero-order chi connectivity index (χ0) is 11.7. The predicted octanol–water partition coefficient (Wildman–Crippen LogP) is 2.97.